The van der Waals surface area contributed by atoms with E-state index >= 15 is 0 Å². The van der Waals surface area contributed by atoms with Crippen molar-refractivity contribution in [3.05, 3.63) is 0 Å². The highest BCUT2D eigenvalue weighted by Gasteiger charge is 2.26. The van der Waals surface area contributed by atoms with Gasteiger partial charge < -0.3 is 15.2 Å². The highest BCUT2D eigenvalue weighted by molar-refractivity contribution is 4.80. The van der Waals surface area contributed by atoms with E-state index in [0.717, 1.165) is 19.7 Å². The van der Waals surface area contributed by atoms with E-state index < -0.39 is 0 Å². The Balaban J connectivity index is 2.27. The molecular formula is C7H15NO2. The number of aliphatic hydroxyl groups is 1. The fourth-order valence-electron chi connectivity index (χ4n) is 1.30. The maximum atomic E-state index is 8.84. The summed E-state index contributed by atoms with van der Waals surface area (Å²) in [5.74, 6) is 0.306. The summed E-state index contributed by atoms with van der Waals surface area (Å²) in [6, 6.07) is 0. The molecule has 0 bridgehead atoms. The summed E-state index contributed by atoms with van der Waals surface area (Å²) in [7, 11) is 0. The Morgan fingerprint density at radius 3 is 3.00 bits per heavy atom. The third-order valence-corrected chi connectivity index (χ3v) is 1.89. The lowest BCUT2D eigenvalue weighted by molar-refractivity contribution is 0.0281. The fraction of sp³-hybridized carbons (Fsp3) is 1.00. The molecule has 10 heavy (non-hydrogen) atoms. The van der Waals surface area contributed by atoms with Gasteiger partial charge in [0.1, 0.15) is 0 Å². The predicted molar refractivity (Wildman–Crippen MR) is 38.9 cm³/mol. The van der Waals surface area contributed by atoms with E-state index in [2.05, 4.69) is 5.32 Å². The lowest BCUT2D eigenvalue weighted by Gasteiger charge is -2.15. The van der Waals surface area contributed by atoms with Gasteiger partial charge in [-0.05, 0) is 6.92 Å². The molecular weight excluding hydrogens is 130 g/mol. The summed E-state index contributed by atoms with van der Waals surface area (Å²) in [6.07, 6.45) is 0.231. The number of aliphatic hydroxyl groups excluding tert-OH is 1. The Hall–Kier alpha value is -0.120. The van der Waals surface area contributed by atoms with E-state index in [0.29, 0.717) is 5.92 Å². The monoisotopic (exact) mass is 145 g/mol. The minimum absolute atomic E-state index is 0.231. The van der Waals surface area contributed by atoms with Crippen LogP contribution >= 0.6 is 0 Å². The quantitative estimate of drug-likeness (QED) is 0.568. The van der Waals surface area contributed by atoms with Crippen molar-refractivity contribution >= 4 is 0 Å². The van der Waals surface area contributed by atoms with Gasteiger partial charge in [0.2, 0.25) is 0 Å². The van der Waals surface area contributed by atoms with Crippen LogP contribution in [0.1, 0.15) is 6.92 Å². The molecule has 1 saturated heterocycles. The molecule has 0 spiro atoms. The molecule has 0 unspecified atom stereocenters. The summed E-state index contributed by atoms with van der Waals surface area (Å²) in [5.41, 5.74) is 0. The van der Waals surface area contributed by atoms with Crippen LogP contribution < -0.4 is 5.32 Å². The van der Waals surface area contributed by atoms with Crippen LogP contribution in [0.25, 0.3) is 0 Å². The average Bonchev–Trinajstić information content (AvgIpc) is 2.36. The molecule has 1 aliphatic rings. The van der Waals surface area contributed by atoms with Crippen molar-refractivity contribution in [3.8, 4) is 0 Å². The molecule has 2 atom stereocenters. The maximum absolute atomic E-state index is 8.84. The van der Waals surface area contributed by atoms with Gasteiger partial charge in [0.25, 0.3) is 0 Å². The first kappa shape index (κ1) is 7.98. The van der Waals surface area contributed by atoms with Crippen LogP contribution in [0.3, 0.4) is 0 Å². The Morgan fingerprint density at radius 1 is 1.60 bits per heavy atom. The Kier molecular flexibility index (Phi) is 3.12. The first-order valence-corrected chi connectivity index (χ1v) is 3.81. The minimum atomic E-state index is 0.231. The van der Waals surface area contributed by atoms with Gasteiger partial charge >= 0.3 is 0 Å². The molecule has 60 valence electrons. The second-order valence-electron chi connectivity index (χ2n) is 2.59. The highest BCUT2D eigenvalue weighted by Crippen LogP contribution is 2.11. The van der Waals surface area contributed by atoms with Crippen LogP contribution in [0, 0.1) is 5.92 Å². The Morgan fingerprint density at radius 2 is 2.40 bits per heavy atom. The number of nitrogens with one attached hydrogen (secondary N) is 1. The summed E-state index contributed by atoms with van der Waals surface area (Å²) in [4.78, 5) is 0. The molecule has 0 amide bonds. The zero-order valence-corrected chi connectivity index (χ0v) is 6.34. The lowest BCUT2D eigenvalue weighted by atomic mass is 10.1. The first-order chi connectivity index (χ1) is 4.88. The number of rotatable bonds is 3. The zero-order valence-electron chi connectivity index (χ0n) is 6.34. The van der Waals surface area contributed by atoms with E-state index in [1.54, 1.807) is 0 Å². The zero-order chi connectivity index (χ0) is 7.40. The molecule has 0 aromatic heterocycles. The van der Waals surface area contributed by atoms with Crippen molar-refractivity contribution < 1.29 is 9.84 Å². The maximum Gasteiger partial charge on any atom is 0.0761 e. The molecule has 2 N–H and O–H groups in total. The van der Waals surface area contributed by atoms with Gasteiger partial charge in [0, 0.05) is 32.2 Å². The van der Waals surface area contributed by atoms with Crippen LogP contribution in [0.5, 0.6) is 0 Å². The second-order valence-corrected chi connectivity index (χ2v) is 2.59. The minimum Gasteiger partial charge on any atom is -0.396 e. The van der Waals surface area contributed by atoms with Crippen LogP contribution in [0.2, 0.25) is 0 Å². The molecule has 0 saturated carbocycles. The first-order valence-electron chi connectivity index (χ1n) is 3.81. The molecule has 0 radical (unpaired) electrons. The summed E-state index contributed by atoms with van der Waals surface area (Å²) in [5, 5.41) is 12.0. The van der Waals surface area contributed by atoms with Gasteiger partial charge in [0.05, 0.1) is 6.10 Å². The largest absolute Gasteiger partial charge is 0.396 e. The van der Waals surface area contributed by atoms with E-state index in [1.807, 2.05) is 6.92 Å². The predicted octanol–water partition coefficient (Wildman–Crippen LogP) is -0.397. The average molecular weight is 145 g/mol. The smallest absolute Gasteiger partial charge is 0.0761 e. The van der Waals surface area contributed by atoms with Gasteiger partial charge in [-0.15, -0.1) is 0 Å². The highest BCUT2D eigenvalue weighted by atomic mass is 16.5. The Labute approximate surface area is 61.4 Å². The molecule has 1 heterocycles. The van der Waals surface area contributed by atoms with Crippen molar-refractivity contribution in [1.29, 1.82) is 0 Å². The molecule has 0 aliphatic carbocycles. The van der Waals surface area contributed by atoms with Crippen molar-refractivity contribution in [2.75, 3.05) is 26.3 Å². The second kappa shape index (κ2) is 3.91. The van der Waals surface area contributed by atoms with Crippen molar-refractivity contribution in [1.82, 2.24) is 5.32 Å². The van der Waals surface area contributed by atoms with Gasteiger partial charge in [-0.3, -0.25) is 0 Å². The van der Waals surface area contributed by atoms with E-state index in [9.17, 15) is 0 Å². The lowest BCUT2D eigenvalue weighted by Crippen LogP contribution is -2.25. The standard InChI is InChI=1S/C7H15NO2/c1-2-10-7-4-8-3-6(7)5-9/h6-9H,2-5H2,1H3/t6-,7-/m1/s1. The molecule has 1 fully saturated rings. The molecule has 0 aromatic carbocycles. The van der Waals surface area contributed by atoms with Gasteiger partial charge in [-0.1, -0.05) is 0 Å². The summed E-state index contributed by atoms with van der Waals surface area (Å²) in [6.45, 7) is 4.73. The topological polar surface area (TPSA) is 41.5 Å². The molecule has 1 rings (SSSR count). The normalized spacial score (nSPS) is 33.0. The van der Waals surface area contributed by atoms with Crippen LogP contribution in [0.4, 0.5) is 0 Å². The van der Waals surface area contributed by atoms with Crippen molar-refractivity contribution in [2.45, 2.75) is 13.0 Å². The van der Waals surface area contributed by atoms with Crippen LogP contribution in [-0.2, 0) is 4.74 Å². The van der Waals surface area contributed by atoms with Crippen LogP contribution in [0.15, 0.2) is 0 Å². The molecule has 3 nitrogen and oxygen atoms in total. The van der Waals surface area contributed by atoms with E-state index in [4.69, 9.17) is 9.84 Å². The molecule has 1 aliphatic heterocycles. The Bertz CT molecular complexity index is 97.6. The van der Waals surface area contributed by atoms with Crippen LogP contribution in [-0.4, -0.2) is 37.5 Å². The van der Waals surface area contributed by atoms with Gasteiger partial charge in [-0.2, -0.15) is 0 Å². The molecule has 0 aromatic rings. The number of hydrogen-bond acceptors (Lipinski definition) is 3. The summed E-state index contributed by atoms with van der Waals surface area (Å²) >= 11 is 0. The third kappa shape index (κ3) is 1.68. The van der Waals surface area contributed by atoms with Crippen molar-refractivity contribution in [3.63, 3.8) is 0 Å². The fourth-order valence-corrected chi connectivity index (χ4v) is 1.30. The van der Waals surface area contributed by atoms with Gasteiger partial charge in [0.15, 0.2) is 0 Å². The van der Waals surface area contributed by atoms with Gasteiger partial charge in [-0.25, -0.2) is 0 Å². The third-order valence-electron chi connectivity index (χ3n) is 1.89. The number of ether oxygens (including phenoxy) is 1. The SMILES string of the molecule is CCO[C@@H]1CNC[C@@H]1CO. The molecule has 3 heteroatoms. The van der Waals surface area contributed by atoms with Crippen molar-refractivity contribution in [2.24, 2.45) is 5.92 Å². The van der Waals surface area contributed by atoms with E-state index in [-0.39, 0.29) is 12.7 Å². The summed E-state index contributed by atoms with van der Waals surface area (Å²) < 4.78 is 5.38. The van der Waals surface area contributed by atoms with E-state index in [1.165, 1.54) is 0 Å². The number of hydrogen-bond donors (Lipinski definition) is 2.